The van der Waals surface area contributed by atoms with Crippen LogP contribution in [0.2, 0.25) is 0 Å². The molecule has 1 rings (SSSR count). The lowest BCUT2D eigenvalue weighted by molar-refractivity contribution is -0.198. The molecule has 0 bridgehead atoms. The molecule has 0 amide bonds. The van der Waals surface area contributed by atoms with E-state index in [4.69, 9.17) is 15.6 Å². The van der Waals surface area contributed by atoms with Crippen molar-refractivity contribution in [1.82, 2.24) is 4.98 Å². The molecule has 0 aliphatic heterocycles. The van der Waals surface area contributed by atoms with Gasteiger partial charge < -0.3 is 20.9 Å². The summed E-state index contributed by atoms with van der Waals surface area (Å²) in [7, 11) is 0. The Balaban J connectivity index is 2.65. The highest BCUT2D eigenvalue weighted by Crippen LogP contribution is 2.23. The summed E-state index contributed by atoms with van der Waals surface area (Å²) in [5.41, 5.74) is 5.95. The number of halogens is 3. The number of pyridine rings is 1. The zero-order valence-electron chi connectivity index (χ0n) is 11.2. The first-order valence-corrected chi connectivity index (χ1v) is 6.08. The van der Waals surface area contributed by atoms with Gasteiger partial charge in [-0.05, 0) is 18.1 Å². The number of hydrogen-bond donors (Lipinski definition) is 3. The molecular weight excluding hydrogens is 275 g/mol. The monoisotopic (exact) mass is 293 g/mol. The molecule has 0 saturated heterocycles. The summed E-state index contributed by atoms with van der Waals surface area (Å²) in [5, 5.41) is 11.3. The van der Waals surface area contributed by atoms with E-state index in [-0.39, 0.29) is 17.6 Å². The fourth-order valence-corrected chi connectivity index (χ4v) is 1.23. The number of nitrogens with one attached hydrogen (secondary N) is 1. The van der Waals surface area contributed by atoms with Crippen molar-refractivity contribution in [2.45, 2.75) is 26.1 Å². The number of anilines is 2. The van der Waals surface area contributed by atoms with Gasteiger partial charge in [0.1, 0.15) is 5.82 Å². The quantitative estimate of drug-likeness (QED) is 0.748. The van der Waals surface area contributed by atoms with Crippen LogP contribution in [0.15, 0.2) is 12.1 Å². The highest BCUT2D eigenvalue weighted by Gasteiger charge is 2.37. The smallest absolute Gasteiger partial charge is 0.416 e. The molecule has 0 fully saturated rings. The Morgan fingerprint density at radius 3 is 2.60 bits per heavy atom. The van der Waals surface area contributed by atoms with Crippen LogP contribution < -0.4 is 15.8 Å². The van der Waals surface area contributed by atoms with Crippen molar-refractivity contribution in [2.24, 2.45) is 5.92 Å². The number of nitrogen functional groups attached to an aromatic ring is 1. The number of ether oxygens (including phenoxy) is 1. The molecule has 0 aliphatic carbocycles. The van der Waals surface area contributed by atoms with E-state index in [0.717, 1.165) is 0 Å². The normalized spacial score (nSPS) is 13.3. The molecule has 1 aromatic heterocycles. The summed E-state index contributed by atoms with van der Waals surface area (Å²) in [4.78, 5) is 3.96. The minimum absolute atomic E-state index is 0.154. The number of aliphatic hydroxyl groups excluding tert-OH is 1. The Morgan fingerprint density at radius 1 is 1.40 bits per heavy atom. The van der Waals surface area contributed by atoms with Crippen molar-refractivity contribution >= 4 is 11.5 Å². The average molecular weight is 293 g/mol. The molecule has 5 nitrogen and oxygen atoms in total. The second-order valence-electron chi connectivity index (χ2n) is 4.73. The van der Waals surface area contributed by atoms with Crippen LogP contribution in [0.25, 0.3) is 0 Å². The van der Waals surface area contributed by atoms with Gasteiger partial charge in [0.2, 0.25) is 5.88 Å². The van der Waals surface area contributed by atoms with E-state index in [1.165, 1.54) is 12.1 Å². The largest absolute Gasteiger partial charge is 0.476 e. The van der Waals surface area contributed by atoms with Gasteiger partial charge in [0.25, 0.3) is 0 Å². The van der Waals surface area contributed by atoms with Crippen LogP contribution in [0.3, 0.4) is 0 Å². The minimum atomic E-state index is -4.67. The average Bonchev–Trinajstić information content (AvgIpc) is 2.34. The molecule has 0 aromatic carbocycles. The first-order chi connectivity index (χ1) is 9.20. The number of nitrogens with two attached hydrogens (primary N) is 1. The van der Waals surface area contributed by atoms with Gasteiger partial charge in [-0.1, -0.05) is 13.8 Å². The van der Waals surface area contributed by atoms with E-state index < -0.39 is 18.8 Å². The fourth-order valence-electron chi connectivity index (χ4n) is 1.23. The maximum absolute atomic E-state index is 12.1. The lowest BCUT2D eigenvalue weighted by atomic mass is 10.2. The predicted molar refractivity (Wildman–Crippen MR) is 69.5 cm³/mol. The van der Waals surface area contributed by atoms with E-state index in [1.807, 2.05) is 13.8 Å². The number of hydrogen-bond acceptors (Lipinski definition) is 5. The van der Waals surface area contributed by atoms with Crippen LogP contribution in [-0.2, 0) is 0 Å². The SMILES string of the molecule is CC(C)COc1nc(NCC(O)C(F)(F)F)ccc1N. The van der Waals surface area contributed by atoms with Crippen LogP contribution in [0, 0.1) is 5.92 Å². The molecule has 0 radical (unpaired) electrons. The second kappa shape index (κ2) is 6.65. The lowest BCUT2D eigenvalue weighted by Gasteiger charge is -2.16. The topological polar surface area (TPSA) is 80.4 Å². The summed E-state index contributed by atoms with van der Waals surface area (Å²) >= 11 is 0. The molecule has 8 heteroatoms. The maximum atomic E-state index is 12.1. The maximum Gasteiger partial charge on any atom is 0.416 e. The van der Waals surface area contributed by atoms with Crippen LogP contribution in [0.4, 0.5) is 24.7 Å². The van der Waals surface area contributed by atoms with E-state index in [1.54, 1.807) is 0 Å². The van der Waals surface area contributed by atoms with Crippen LogP contribution >= 0.6 is 0 Å². The highest BCUT2D eigenvalue weighted by molar-refractivity contribution is 5.53. The fraction of sp³-hybridized carbons (Fsp3) is 0.583. The van der Waals surface area contributed by atoms with Gasteiger partial charge in [0, 0.05) is 0 Å². The molecule has 4 N–H and O–H groups in total. The molecule has 0 aliphatic rings. The van der Waals surface area contributed by atoms with Crippen LogP contribution in [-0.4, -0.2) is 35.5 Å². The van der Waals surface area contributed by atoms with Gasteiger partial charge in [-0.25, -0.2) is 0 Å². The Labute approximate surface area is 114 Å². The van der Waals surface area contributed by atoms with E-state index in [2.05, 4.69) is 10.3 Å². The summed E-state index contributed by atoms with van der Waals surface area (Å²) in [6.45, 7) is 3.59. The Kier molecular flexibility index (Phi) is 5.43. The van der Waals surface area contributed by atoms with Crippen LogP contribution in [0.1, 0.15) is 13.8 Å². The molecule has 1 unspecified atom stereocenters. The molecule has 1 heterocycles. The van der Waals surface area contributed by atoms with Crippen molar-refractivity contribution in [2.75, 3.05) is 24.2 Å². The number of alkyl halides is 3. The molecule has 1 aromatic rings. The van der Waals surface area contributed by atoms with Crippen molar-refractivity contribution in [1.29, 1.82) is 0 Å². The van der Waals surface area contributed by atoms with Crippen LogP contribution in [0.5, 0.6) is 5.88 Å². The molecular formula is C12H18F3N3O2. The molecule has 20 heavy (non-hydrogen) atoms. The van der Waals surface area contributed by atoms with Gasteiger partial charge in [-0.3, -0.25) is 0 Å². The summed E-state index contributed by atoms with van der Waals surface area (Å²) in [6, 6.07) is 2.89. The number of rotatable bonds is 6. The highest BCUT2D eigenvalue weighted by atomic mass is 19.4. The van der Waals surface area contributed by atoms with Crippen molar-refractivity contribution in [3.05, 3.63) is 12.1 Å². The second-order valence-corrected chi connectivity index (χ2v) is 4.73. The van der Waals surface area contributed by atoms with E-state index in [0.29, 0.717) is 12.3 Å². The van der Waals surface area contributed by atoms with Gasteiger partial charge in [-0.15, -0.1) is 0 Å². The van der Waals surface area contributed by atoms with E-state index in [9.17, 15) is 13.2 Å². The number of aliphatic hydroxyl groups is 1. The number of aromatic nitrogens is 1. The Morgan fingerprint density at radius 2 is 2.05 bits per heavy atom. The summed E-state index contributed by atoms with van der Waals surface area (Å²) < 4.78 is 41.8. The van der Waals surface area contributed by atoms with Gasteiger partial charge in [-0.2, -0.15) is 18.2 Å². The lowest BCUT2D eigenvalue weighted by Crippen LogP contribution is -2.35. The van der Waals surface area contributed by atoms with Crippen molar-refractivity contribution < 1.29 is 23.0 Å². The first-order valence-electron chi connectivity index (χ1n) is 6.08. The predicted octanol–water partition coefficient (Wildman–Crippen LogP) is 2.03. The summed E-state index contributed by atoms with van der Waals surface area (Å²) in [5.74, 6) is 0.575. The van der Waals surface area contributed by atoms with Crippen molar-refractivity contribution in [3.63, 3.8) is 0 Å². The first kappa shape index (κ1) is 16.4. The van der Waals surface area contributed by atoms with Gasteiger partial charge in [0.15, 0.2) is 6.10 Å². The zero-order valence-corrected chi connectivity index (χ0v) is 11.2. The molecule has 114 valence electrons. The molecule has 1 atom stereocenters. The standard InChI is InChI=1S/C12H18F3N3O2/c1-7(2)6-20-11-8(16)3-4-10(18-11)17-5-9(19)12(13,14)15/h3-4,7,9,19H,5-6,16H2,1-2H3,(H,17,18). The Bertz CT molecular complexity index is 438. The zero-order chi connectivity index (χ0) is 15.3. The third kappa shape index (κ3) is 5.12. The Hall–Kier alpha value is -1.70. The van der Waals surface area contributed by atoms with Gasteiger partial charge >= 0.3 is 6.18 Å². The summed E-state index contributed by atoms with van der Waals surface area (Å²) in [6.07, 6.45) is -7.13. The number of nitrogens with zero attached hydrogens (tertiary/aromatic N) is 1. The third-order valence-electron chi connectivity index (χ3n) is 2.30. The molecule has 0 saturated carbocycles. The van der Waals surface area contributed by atoms with Crippen molar-refractivity contribution in [3.8, 4) is 5.88 Å². The minimum Gasteiger partial charge on any atom is -0.476 e. The molecule has 0 spiro atoms. The van der Waals surface area contributed by atoms with Gasteiger partial charge in [0.05, 0.1) is 18.8 Å². The third-order valence-corrected chi connectivity index (χ3v) is 2.30. The van der Waals surface area contributed by atoms with E-state index >= 15 is 0 Å².